The van der Waals surface area contributed by atoms with Crippen LogP contribution in [0.25, 0.3) is 0 Å². The molecule has 1 aromatic carbocycles. The van der Waals surface area contributed by atoms with Crippen LogP contribution < -0.4 is 10.1 Å². The van der Waals surface area contributed by atoms with Gasteiger partial charge in [0.05, 0.1) is 6.61 Å². The predicted octanol–water partition coefficient (Wildman–Crippen LogP) is 2.28. The van der Waals surface area contributed by atoms with Crippen molar-refractivity contribution in [2.75, 3.05) is 6.61 Å². The van der Waals surface area contributed by atoms with Gasteiger partial charge in [0.15, 0.2) is 0 Å². The maximum atomic E-state index is 11.0. The van der Waals surface area contributed by atoms with Crippen molar-refractivity contribution in [1.82, 2.24) is 5.32 Å². The fourth-order valence-electron chi connectivity index (χ4n) is 1.75. The van der Waals surface area contributed by atoms with Gasteiger partial charge in [0.2, 0.25) is 0 Å². The molecule has 4 nitrogen and oxygen atoms in total. The van der Waals surface area contributed by atoms with Gasteiger partial charge in [-0.1, -0.05) is 26.0 Å². The van der Waals surface area contributed by atoms with E-state index in [1.54, 1.807) is 0 Å². The Bertz CT molecular complexity index is 390. The summed E-state index contributed by atoms with van der Waals surface area (Å²) in [6.45, 7) is 6.87. The van der Waals surface area contributed by atoms with Crippen molar-refractivity contribution in [1.29, 1.82) is 0 Å². The molecule has 1 unspecified atom stereocenters. The van der Waals surface area contributed by atoms with Gasteiger partial charge in [-0.15, -0.1) is 0 Å². The average molecular weight is 251 g/mol. The molecule has 18 heavy (non-hydrogen) atoms. The maximum Gasteiger partial charge on any atom is 0.320 e. The first-order chi connectivity index (χ1) is 8.54. The molecule has 0 aliphatic rings. The van der Waals surface area contributed by atoms with Crippen molar-refractivity contribution in [2.24, 2.45) is 5.92 Å². The summed E-state index contributed by atoms with van der Waals surface area (Å²) in [5, 5.41) is 12.1. The average Bonchev–Trinajstić information content (AvgIpc) is 2.29. The second-order valence-electron chi connectivity index (χ2n) is 4.52. The summed E-state index contributed by atoms with van der Waals surface area (Å²) in [5.74, 6) is 0.0526. The number of hydrogen-bond donors (Lipinski definition) is 2. The summed E-state index contributed by atoms with van der Waals surface area (Å²) in [5.41, 5.74) is 1.02. The molecule has 0 heterocycles. The van der Waals surface area contributed by atoms with Gasteiger partial charge in [-0.05, 0) is 30.5 Å². The van der Waals surface area contributed by atoms with Crippen LogP contribution in [0.3, 0.4) is 0 Å². The Morgan fingerprint density at radius 2 is 2.17 bits per heavy atom. The molecule has 1 aromatic rings. The van der Waals surface area contributed by atoms with Crippen molar-refractivity contribution < 1.29 is 14.6 Å². The zero-order valence-electron chi connectivity index (χ0n) is 11.1. The summed E-state index contributed by atoms with van der Waals surface area (Å²) in [6, 6.07) is 7.16. The van der Waals surface area contributed by atoms with Crippen molar-refractivity contribution >= 4 is 5.97 Å². The summed E-state index contributed by atoms with van der Waals surface area (Å²) in [4.78, 5) is 11.0. The van der Waals surface area contributed by atoms with Gasteiger partial charge in [0, 0.05) is 6.54 Å². The molecular formula is C14H21NO3. The summed E-state index contributed by atoms with van der Waals surface area (Å²) < 4.78 is 5.40. The molecule has 1 rings (SSSR count). The van der Waals surface area contributed by atoms with Gasteiger partial charge < -0.3 is 15.2 Å². The van der Waals surface area contributed by atoms with Crippen molar-refractivity contribution in [3.8, 4) is 5.75 Å². The lowest BCUT2D eigenvalue weighted by atomic mass is 10.0. The highest BCUT2D eigenvalue weighted by Gasteiger charge is 2.20. The lowest BCUT2D eigenvalue weighted by molar-refractivity contribution is -0.140. The standard InChI is InChI=1S/C14H21NO3/c1-4-18-12-7-5-6-11(8-12)9-15-13(10(2)3)14(16)17/h5-8,10,13,15H,4,9H2,1-3H3,(H,16,17). The van der Waals surface area contributed by atoms with Crippen LogP contribution in [0.2, 0.25) is 0 Å². The predicted molar refractivity (Wildman–Crippen MR) is 70.7 cm³/mol. The summed E-state index contributed by atoms with van der Waals surface area (Å²) in [7, 11) is 0. The molecule has 100 valence electrons. The van der Waals surface area contributed by atoms with E-state index in [-0.39, 0.29) is 5.92 Å². The first-order valence-corrected chi connectivity index (χ1v) is 6.22. The topological polar surface area (TPSA) is 58.6 Å². The van der Waals surface area contributed by atoms with Gasteiger partial charge in [-0.2, -0.15) is 0 Å². The number of benzene rings is 1. The van der Waals surface area contributed by atoms with Gasteiger partial charge in [-0.25, -0.2) is 0 Å². The molecule has 0 aliphatic carbocycles. The summed E-state index contributed by atoms with van der Waals surface area (Å²) >= 11 is 0. The molecular weight excluding hydrogens is 230 g/mol. The Balaban J connectivity index is 2.61. The van der Waals surface area contributed by atoms with Gasteiger partial charge in [-0.3, -0.25) is 4.79 Å². The van der Waals surface area contributed by atoms with Gasteiger partial charge in [0.25, 0.3) is 0 Å². The smallest absolute Gasteiger partial charge is 0.320 e. The quantitative estimate of drug-likeness (QED) is 0.780. The van der Waals surface area contributed by atoms with Gasteiger partial charge >= 0.3 is 5.97 Å². The number of carboxylic acid groups (broad SMARTS) is 1. The molecule has 1 atom stereocenters. The number of nitrogens with one attached hydrogen (secondary N) is 1. The zero-order chi connectivity index (χ0) is 13.5. The van der Waals surface area contributed by atoms with Crippen LogP contribution >= 0.6 is 0 Å². The van der Waals surface area contributed by atoms with Crippen LogP contribution in [0.15, 0.2) is 24.3 Å². The largest absolute Gasteiger partial charge is 0.494 e. The number of carbonyl (C=O) groups is 1. The highest BCUT2D eigenvalue weighted by molar-refractivity contribution is 5.73. The fourth-order valence-corrected chi connectivity index (χ4v) is 1.75. The SMILES string of the molecule is CCOc1cccc(CNC(C(=O)O)C(C)C)c1. The minimum absolute atomic E-state index is 0.0533. The van der Waals surface area contributed by atoms with Crippen LogP contribution in [0.5, 0.6) is 5.75 Å². The molecule has 0 amide bonds. The molecule has 0 spiro atoms. The Labute approximate surface area is 108 Å². The van der Waals surface area contributed by atoms with E-state index >= 15 is 0 Å². The third-order valence-electron chi connectivity index (χ3n) is 2.67. The van der Waals surface area contributed by atoms with E-state index in [0.717, 1.165) is 11.3 Å². The molecule has 0 radical (unpaired) electrons. The highest BCUT2D eigenvalue weighted by Crippen LogP contribution is 2.13. The van der Waals surface area contributed by atoms with E-state index in [2.05, 4.69) is 5.32 Å². The number of ether oxygens (including phenoxy) is 1. The van der Waals surface area contributed by atoms with Crippen molar-refractivity contribution in [3.63, 3.8) is 0 Å². The first-order valence-electron chi connectivity index (χ1n) is 6.22. The second kappa shape index (κ2) is 7.01. The Morgan fingerprint density at radius 3 is 2.72 bits per heavy atom. The van der Waals surface area contributed by atoms with E-state index in [1.807, 2.05) is 45.0 Å². The van der Waals surface area contributed by atoms with E-state index in [9.17, 15) is 4.79 Å². The number of carboxylic acids is 1. The highest BCUT2D eigenvalue weighted by atomic mass is 16.5. The van der Waals surface area contributed by atoms with Crippen molar-refractivity contribution in [3.05, 3.63) is 29.8 Å². The number of hydrogen-bond acceptors (Lipinski definition) is 3. The van der Waals surface area contributed by atoms with E-state index in [0.29, 0.717) is 13.2 Å². The monoisotopic (exact) mass is 251 g/mol. The minimum atomic E-state index is -0.814. The number of rotatable bonds is 7. The van der Waals surface area contributed by atoms with E-state index in [4.69, 9.17) is 9.84 Å². The first kappa shape index (κ1) is 14.5. The molecule has 0 aliphatic heterocycles. The van der Waals surface area contributed by atoms with Crippen LogP contribution in [0.4, 0.5) is 0 Å². The van der Waals surface area contributed by atoms with Crippen LogP contribution in [-0.4, -0.2) is 23.7 Å². The third-order valence-corrected chi connectivity index (χ3v) is 2.67. The van der Waals surface area contributed by atoms with E-state index < -0.39 is 12.0 Å². The number of aliphatic carboxylic acids is 1. The Morgan fingerprint density at radius 1 is 1.44 bits per heavy atom. The molecule has 4 heteroatoms. The van der Waals surface area contributed by atoms with Gasteiger partial charge in [0.1, 0.15) is 11.8 Å². The molecule has 2 N–H and O–H groups in total. The molecule has 0 saturated heterocycles. The Kier molecular flexibility index (Phi) is 5.65. The minimum Gasteiger partial charge on any atom is -0.494 e. The second-order valence-corrected chi connectivity index (χ2v) is 4.52. The van der Waals surface area contributed by atoms with Crippen LogP contribution in [0, 0.1) is 5.92 Å². The van der Waals surface area contributed by atoms with Crippen molar-refractivity contribution in [2.45, 2.75) is 33.4 Å². The molecule has 0 saturated carbocycles. The van der Waals surface area contributed by atoms with Crippen LogP contribution in [-0.2, 0) is 11.3 Å². The summed E-state index contributed by atoms with van der Waals surface area (Å²) in [6.07, 6.45) is 0. The third kappa shape index (κ3) is 4.37. The maximum absolute atomic E-state index is 11.0. The Hall–Kier alpha value is -1.55. The molecule has 0 bridgehead atoms. The lowest BCUT2D eigenvalue weighted by Crippen LogP contribution is -2.40. The molecule has 0 fully saturated rings. The zero-order valence-corrected chi connectivity index (χ0v) is 11.1. The molecule has 0 aromatic heterocycles. The van der Waals surface area contributed by atoms with Crippen LogP contribution in [0.1, 0.15) is 26.3 Å². The fraction of sp³-hybridized carbons (Fsp3) is 0.500. The van der Waals surface area contributed by atoms with E-state index in [1.165, 1.54) is 0 Å². The normalized spacial score (nSPS) is 12.4. The lowest BCUT2D eigenvalue weighted by Gasteiger charge is -2.18.